The first kappa shape index (κ1) is 19.1. The zero-order valence-corrected chi connectivity index (χ0v) is 16.0. The van der Waals surface area contributed by atoms with E-state index in [1.807, 2.05) is 34.6 Å². The van der Waals surface area contributed by atoms with Crippen molar-refractivity contribution in [1.29, 1.82) is 0 Å². The van der Waals surface area contributed by atoms with Crippen LogP contribution < -0.4 is 5.32 Å². The van der Waals surface area contributed by atoms with Crippen molar-refractivity contribution in [3.63, 3.8) is 0 Å². The quantitative estimate of drug-likeness (QED) is 0.718. The average molecular weight is 309 g/mol. The van der Waals surface area contributed by atoms with Gasteiger partial charge in [-0.1, -0.05) is 39.8 Å². The number of ether oxygens (including phenoxy) is 1. The van der Waals surface area contributed by atoms with E-state index in [-0.39, 0.29) is 6.09 Å². The Morgan fingerprint density at radius 3 is 1.91 bits per heavy atom. The molecule has 0 heterocycles. The Balaban J connectivity index is 2.77. The van der Waals surface area contributed by atoms with Crippen LogP contribution in [0.15, 0.2) is 12.2 Å². The Morgan fingerprint density at radius 1 is 1.05 bits per heavy atom. The van der Waals surface area contributed by atoms with Gasteiger partial charge in [-0.05, 0) is 64.2 Å². The topological polar surface area (TPSA) is 38.3 Å². The number of carbonyl (C=O) groups is 1. The summed E-state index contributed by atoms with van der Waals surface area (Å²) in [7, 11) is 0. The van der Waals surface area contributed by atoms with Crippen LogP contribution in [-0.2, 0) is 4.74 Å². The summed E-state index contributed by atoms with van der Waals surface area (Å²) >= 11 is 0. The van der Waals surface area contributed by atoms with Crippen molar-refractivity contribution < 1.29 is 9.53 Å². The van der Waals surface area contributed by atoms with Crippen LogP contribution in [-0.4, -0.2) is 17.2 Å². The number of alkyl carbamates (subject to hydrolysis) is 1. The molecule has 22 heavy (non-hydrogen) atoms. The summed E-state index contributed by atoms with van der Waals surface area (Å²) in [6.45, 7) is 19.0. The van der Waals surface area contributed by atoms with Crippen molar-refractivity contribution in [1.82, 2.24) is 5.32 Å². The Hall–Kier alpha value is -0.990. The minimum absolute atomic E-state index is 0.308. The lowest BCUT2D eigenvalue weighted by molar-refractivity contribution is 0.0490. The van der Waals surface area contributed by atoms with E-state index in [4.69, 9.17) is 4.74 Å². The van der Waals surface area contributed by atoms with Gasteiger partial charge in [0, 0.05) is 0 Å². The Bertz CT molecular complexity index is 423. The summed E-state index contributed by atoms with van der Waals surface area (Å²) in [5.41, 5.74) is -0.277. The Kier molecular flexibility index (Phi) is 5.11. The van der Waals surface area contributed by atoms with Crippen molar-refractivity contribution in [2.75, 3.05) is 0 Å². The lowest BCUT2D eigenvalue weighted by Crippen LogP contribution is -2.44. The van der Waals surface area contributed by atoms with Crippen molar-refractivity contribution in [3.8, 4) is 0 Å². The van der Waals surface area contributed by atoms with Gasteiger partial charge in [0.25, 0.3) is 0 Å². The minimum Gasteiger partial charge on any atom is -0.444 e. The van der Waals surface area contributed by atoms with Crippen LogP contribution >= 0.6 is 0 Å². The van der Waals surface area contributed by atoms with Crippen molar-refractivity contribution >= 4 is 6.09 Å². The minimum atomic E-state index is -0.473. The molecule has 3 nitrogen and oxygen atoms in total. The molecule has 1 saturated carbocycles. The van der Waals surface area contributed by atoms with Gasteiger partial charge in [0.2, 0.25) is 0 Å². The summed E-state index contributed by atoms with van der Waals surface area (Å²) in [5, 5.41) is 2.94. The highest BCUT2D eigenvalue weighted by molar-refractivity contribution is 5.69. The Morgan fingerprint density at radius 2 is 1.50 bits per heavy atom. The monoisotopic (exact) mass is 309 g/mol. The molecule has 128 valence electrons. The van der Waals surface area contributed by atoms with E-state index >= 15 is 0 Å². The van der Waals surface area contributed by atoms with Gasteiger partial charge in [0.15, 0.2) is 0 Å². The van der Waals surface area contributed by atoms with Gasteiger partial charge in [0.1, 0.15) is 5.60 Å². The number of nitrogens with one attached hydrogen (secondary N) is 1. The van der Waals surface area contributed by atoms with Crippen molar-refractivity contribution in [3.05, 3.63) is 12.2 Å². The lowest BCUT2D eigenvalue weighted by atomic mass is 9.72. The second-order valence-corrected chi connectivity index (χ2v) is 9.66. The third-order valence-electron chi connectivity index (χ3n) is 4.63. The van der Waals surface area contributed by atoms with E-state index in [1.54, 1.807) is 0 Å². The highest BCUT2D eigenvalue weighted by atomic mass is 16.6. The first-order valence-corrected chi connectivity index (χ1v) is 8.35. The molecule has 1 rings (SSSR count). The maximum Gasteiger partial charge on any atom is 0.408 e. The van der Waals surface area contributed by atoms with E-state index in [2.05, 4.69) is 45.2 Å². The molecule has 0 atom stereocenters. The normalized spacial score (nSPS) is 22.0. The van der Waals surface area contributed by atoms with Crippen LogP contribution in [0.3, 0.4) is 0 Å². The standard InChI is InChI=1S/C19H35NO2/c1-16(2,3)22-15(21)20-19(8,9)11-10-14-17(4,5)12-13-18(14,6)7/h10-11,14H,12-13H2,1-9H3,(H,20,21). The van der Waals surface area contributed by atoms with Gasteiger partial charge in [-0.25, -0.2) is 4.79 Å². The SMILES string of the molecule is CC(C)(C=CC1C(C)(C)CCC1(C)C)NC(=O)OC(C)(C)C. The number of amides is 1. The fourth-order valence-electron chi connectivity index (χ4n) is 3.48. The molecule has 0 bridgehead atoms. The molecule has 0 saturated heterocycles. The fraction of sp³-hybridized carbons (Fsp3) is 0.842. The predicted octanol–water partition coefficient (Wildman–Crippen LogP) is 5.31. The molecule has 3 heteroatoms. The summed E-state index contributed by atoms with van der Waals surface area (Å²) in [4.78, 5) is 12.0. The highest BCUT2D eigenvalue weighted by Gasteiger charge is 2.45. The predicted molar refractivity (Wildman–Crippen MR) is 92.9 cm³/mol. The summed E-state index contributed by atoms with van der Waals surface area (Å²) < 4.78 is 5.34. The molecule has 0 aromatic carbocycles. The molecule has 0 radical (unpaired) electrons. The zero-order chi connectivity index (χ0) is 17.4. The van der Waals surface area contributed by atoms with E-state index < -0.39 is 11.1 Å². The molecular weight excluding hydrogens is 274 g/mol. The van der Waals surface area contributed by atoms with E-state index in [0.29, 0.717) is 16.7 Å². The van der Waals surface area contributed by atoms with E-state index in [9.17, 15) is 4.79 Å². The molecule has 1 amide bonds. The van der Waals surface area contributed by atoms with Crippen LogP contribution in [0.2, 0.25) is 0 Å². The molecule has 1 aliphatic rings. The maximum absolute atomic E-state index is 12.0. The molecule has 0 unspecified atom stereocenters. The van der Waals surface area contributed by atoms with Crippen LogP contribution in [0.4, 0.5) is 4.79 Å². The number of allylic oxidation sites excluding steroid dienone is 1. The number of rotatable bonds is 3. The zero-order valence-electron chi connectivity index (χ0n) is 16.0. The van der Waals surface area contributed by atoms with Gasteiger partial charge < -0.3 is 10.1 Å². The molecule has 1 N–H and O–H groups in total. The van der Waals surface area contributed by atoms with Gasteiger partial charge in [-0.15, -0.1) is 0 Å². The van der Waals surface area contributed by atoms with Gasteiger partial charge in [-0.2, -0.15) is 0 Å². The molecule has 1 aliphatic carbocycles. The van der Waals surface area contributed by atoms with E-state index in [0.717, 1.165) is 0 Å². The van der Waals surface area contributed by atoms with Crippen molar-refractivity contribution in [2.45, 2.75) is 86.3 Å². The lowest BCUT2D eigenvalue weighted by Gasteiger charge is -2.34. The smallest absolute Gasteiger partial charge is 0.408 e. The Labute approximate surface area is 136 Å². The summed E-state index contributed by atoms with van der Waals surface area (Å²) in [5.74, 6) is 0.514. The molecule has 0 aliphatic heterocycles. The van der Waals surface area contributed by atoms with Crippen LogP contribution in [0, 0.1) is 16.7 Å². The largest absolute Gasteiger partial charge is 0.444 e. The number of hydrogen-bond acceptors (Lipinski definition) is 2. The molecule has 1 fully saturated rings. The maximum atomic E-state index is 12.0. The van der Waals surface area contributed by atoms with Gasteiger partial charge in [-0.3, -0.25) is 0 Å². The molecule has 0 aromatic heterocycles. The third kappa shape index (κ3) is 5.33. The number of hydrogen-bond donors (Lipinski definition) is 1. The first-order chi connectivity index (χ1) is 9.65. The fourth-order valence-corrected chi connectivity index (χ4v) is 3.48. The van der Waals surface area contributed by atoms with Gasteiger partial charge in [0.05, 0.1) is 5.54 Å². The molecule has 0 aromatic rings. The number of carbonyl (C=O) groups excluding carboxylic acids is 1. The molecular formula is C19H35NO2. The highest BCUT2D eigenvalue weighted by Crippen LogP contribution is 2.54. The second kappa shape index (κ2) is 5.90. The van der Waals surface area contributed by atoms with Gasteiger partial charge >= 0.3 is 6.09 Å². The second-order valence-electron chi connectivity index (χ2n) is 9.66. The first-order valence-electron chi connectivity index (χ1n) is 8.35. The van der Waals surface area contributed by atoms with Crippen LogP contribution in [0.25, 0.3) is 0 Å². The third-order valence-corrected chi connectivity index (χ3v) is 4.63. The summed E-state index contributed by atoms with van der Waals surface area (Å²) in [6, 6.07) is 0. The van der Waals surface area contributed by atoms with Crippen molar-refractivity contribution in [2.24, 2.45) is 16.7 Å². The van der Waals surface area contributed by atoms with Crippen LogP contribution in [0.5, 0.6) is 0 Å². The molecule has 0 spiro atoms. The average Bonchev–Trinajstić information content (AvgIpc) is 2.42. The van der Waals surface area contributed by atoms with E-state index in [1.165, 1.54) is 12.8 Å². The van der Waals surface area contributed by atoms with Crippen LogP contribution in [0.1, 0.15) is 75.2 Å². The summed E-state index contributed by atoms with van der Waals surface area (Å²) in [6.07, 6.45) is 6.54.